The third-order valence-electron chi connectivity index (χ3n) is 3.35. The Bertz CT molecular complexity index is 594. The Morgan fingerprint density at radius 2 is 1.90 bits per heavy atom. The molecular formula is C15H19N3O2S. The molecule has 0 radical (unpaired) electrons. The fraction of sp³-hybridized carbons (Fsp3) is 0.400. The molecule has 5 nitrogen and oxygen atoms in total. The Labute approximate surface area is 128 Å². The van der Waals surface area contributed by atoms with Crippen molar-refractivity contribution >= 4 is 17.7 Å². The summed E-state index contributed by atoms with van der Waals surface area (Å²) in [6, 6.07) is 9.84. The number of para-hydroxylation sites is 1. The number of hydrogen-bond acceptors (Lipinski definition) is 4. The molecule has 0 spiro atoms. The van der Waals surface area contributed by atoms with Crippen LogP contribution in [0.25, 0.3) is 5.69 Å². The maximum Gasteiger partial charge on any atom is 0.313 e. The van der Waals surface area contributed by atoms with Crippen molar-refractivity contribution in [3.05, 3.63) is 36.2 Å². The van der Waals surface area contributed by atoms with E-state index in [9.17, 15) is 4.79 Å². The van der Waals surface area contributed by atoms with E-state index in [1.165, 1.54) is 11.8 Å². The van der Waals surface area contributed by atoms with Crippen molar-refractivity contribution in [2.45, 2.75) is 37.8 Å². The van der Waals surface area contributed by atoms with Gasteiger partial charge in [-0.25, -0.2) is 0 Å². The van der Waals surface area contributed by atoms with Gasteiger partial charge in [-0.2, -0.15) is 0 Å². The second-order valence-electron chi connectivity index (χ2n) is 4.71. The Hall–Kier alpha value is -1.82. The van der Waals surface area contributed by atoms with E-state index < -0.39 is 5.97 Å². The molecule has 1 N–H and O–H groups in total. The fourth-order valence-corrected chi connectivity index (χ4v) is 2.92. The summed E-state index contributed by atoms with van der Waals surface area (Å²) in [5.41, 5.74) is 0.970. The van der Waals surface area contributed by atoms with Crippen molar-refractivity contribution in [2.75, 3.05) is 5.75 Å². The van der Waals surface area contributed by atoms with Gasteiger partial charge in [-0.15, -0.1) is 10.2 Å². The maximum absolute atomic E-state index is 10.8. The van der Waals surface area contributed by atoms with Gasteiger partial charge < -0.3 is 5.11 Å². The molecule has 0 saturated carbocycles. The number of aromatic nitrogens is 3. The van der Waals surface area contributed by atoms with E-state index >= 15 is 0 Å². The Balaban J connectivity index is 2.45. The molecule has 112 valence electrons. The lowest BCUT2D eigenvalue weighted by Gasteiger charge is -2.15. The van der Waals surface area contributed by atoms with Gasteiger partial charge in [0.05, 0.1) is 5.75 Å². The van der Waals surface area contributed by atoms with E-state index in [1.54, 1.807) is 0 Å². The number of thioether (sulfide) groups is 1. The Kier molecular flexibility index (Phi) is 5.38. The minimum Gasteiger partial charge on any atom is -0.481 e. The molecule has 6 heteroatoms. The largest absolute Gasteiger partial charge is 0.481 e. The molecule has 0 aliphatic carbocycles. The SMILES string of the molecule is CCC(CC)c1nnc(SCC(=O)O)n1-c1ccccc1. The van der Waals surface area contributed by atoms with Crippen LogP contribution in [0.1, 0.15) is 38.4 Å². The zero-order chi connectivity index (χ0) is 15.2. The summed E-state index contributed by atoms with van der Waals surface area (Å²) in [5, 5.41) is 18.0. The molecule has 1 aromatic heterocycles. The number of carbonyl (C=O) groups is 1. The van der Waals surface area contributed by atoms with Crippen molar-refractivity contribution < 1.29 is 9.90 Å². The van der Waals surface area contributed by atoms with Crippen molar-refractivity contribution in [2.24, 2.45) is 0 Å². The van der Waals surface area contributed by atoms with Crippen LogP contribution in [-0.2, 0) is 4.79 Å². The van der Waals surface area contributed by atoms with Crippen molar-refractivity contribution in [3.8, 4) is 5.69 Å². The van der Waals surface area contributed by atoms with Crippen LogP contribution < -0.4 is 0 Å². The molecule has 0 aliphatic heterocycles. The molecule has 0 saturated heterocycles. The highest BCUT2D eigenvalue weighted by atomic mass is 32.2. The molecule has 0 atom stereocenters. The minimum absolute atomic E-state index is 0.0200. The molecular weight excluding hydrogens is 286 g/mol. The first-order valence-electron chi connectivity index (χ1n) is 7.02. The first-order valence-corrected chi connectivity index (χ1v) is 8.01. The molecule has 0 amide bonds. The minimum atomic E-state index is -0.855. The second kappa shape index (κ2) is 7.26. The van der Waals surface area contributed by atoms with Crippen molar-refractivity contribution in [1.82, 2.24) is 14.8 Å². The molecule has 1 heterocycles. The summed E-state index contributed by atoms with van der Waals surface area (Å²) in [7, 11) is 0. The number of hydrogen-bond donors (Lipinski definition) is 1. The monoisotopic (exact) mass is 305 g/mol. The Morgan fingerprint density at radius 3 is 2.48 bits per heavy atom. The van der Waals surface area contributed by atoms with Crippen LogP contribution in [0.15, 0.2) is 35.5 Å². The van der Waals surface area contributed by atoms with Gasteiger partial charge in [0.25, 0.3) is 0 Å². The number of carboxylic acids is 1. The summed E-state index contributed by atoms with van der Waals surface area (Å²) in [5.74, 6) is 0.344. The highest BCUT2D eigenvalue weighted by molar-refractivity contribution is 7.99. The van der Waals surface area contributed by atoms with Crippen LogP contribution in [0, 0.1) is 0 Å². The first-order chi connectivity index (χ1) is 10.2. The zero-order valence-electron chi connectivity index (χ0n) is 12.2. The van der Waals surface area contributed by atoms with Gasteiger partial charge in [-0.1, -0.05) is 43.8 Å². The zero-order valence-corrected chi connectivity index (χ0v) is 13.0. The fourth-order valence-electron chi connectivity index (χ4n) is 2.24. The quantitative estimate of drug-likeness (QED) is 0.795. The molecule has 0 unspecified atom stereocenters. The highest BCUT2D eigenvalue weighted by Gasteiger charge is 2.20. The Morgan fingerprint density at radius 1 is 1.24 bits per heavy atom. The van der Waals surface area contributed by atoms with Gasteiger partial charge in [0, 0.05) is 11.6 Å². The lowest BCUT2D eigenvalue weighted by Crippen LogP contribution is -2.08. The van der Waals surface area contributed by atoms with E-state index in [1.807, 2.05) is 34.9 Å². The summed E-state index contributed by atoms with van der Waals surface area (Å²) < 4.78 is 1.98. The van der Waals surface area contributed by atoms with E-state index in [-0.39, 0.29) is 5.75 Å². The van der Waals surface area contributed by atoms with Crippen LogP contribution in [0.3, 0.4) is 0 Å². The molecule has 0 bridgehead atoms. The average molecular weight is 305 g/mol. The molecule has 0 aliphatic rings. The van der Waals surface area contributed by atoms with E-state index in [0.717, 1.165) is 24.4 Å². The van der Waals surface area contributed by atoms with Crippen LogP contribution in [0.2, 0.25) is 0 Å². The van der Waals surface area contributed by atoms with E-state index in [4.69, 9.17) is 5.11 Å². The van der Waals surface area contributed by atoms with E-state index in [0.29, 0.717) is 11.1 Å². The first kappa shape index (κ1) is 15.6. The van der Waals surface area contributed by atoms with Crippen LogP contribution >= 0.6 is 11.8 Å². The third-order valence-corrected chi connectivity index (χ3v) is 4.26. The smallest absolute Gasteiger partial charge is 0.313 e. The predicted octanol–water partition coefficient (Wildman–Crippen LogP) is 3.35. The summed E-state index contributed by atoms with van der Waals surface area (Å²) in [4.78, 5) is 10.8. The average Bonchev–Trinajstić information content (AvgIpc) is 2.91. The highest BCUT2D eigenvalue weighted by Crippen LogP contribution is 2.28. The number of nitrogens with zero attached hydrogens (tertiary/aromatic N) is 3. The lowest BCUT2D eigenvalue weighted by molar-refractivity contribution is -0.133. The van der Waals surface area contributed by atoms with Crippen LogP contribution in [0.5, 0.6) is 0 Å². The predicted molar refractivity (Wildman–Crippen MR) is 83.0 cm³/mol. The molecule has 2 rings (SSSR count). The summed E-state index contributed by atoms with van der Waals surface area (Å²) >= 11 is 1.20. The number of carboxylic acid groups (broad SMARTS) is 1. The van der Waals surface area contributed by atoms with Gasteiger partial charge in [0.2, 0.25) is 0 Å². The molecule has 0 fully saturated rings. The lowest BCUT2D eigenvalue weighted by atomic mass is 10.0. The van der Waals surface area contributed by atoms with Gasteiger partial charge in [0.15, 0.2) is 5.16 Å². The van der Waals surface area contributed by atoms with Gasteiger partial charge in [-0.3, -0.25) is 9.36 Å². The molecule has 21 heavy (non-hydrogen) atoms. The normalized spacial score (nSPS) is 11.0. The number of benzene rings is 1. The standard InChI is InChI=1S/C15H19N3O2S/c1-3-11(4-2)14-16-17-15(21-10-13(19)20)18(14)12-8-6-5-7-9-12/h5-9,11H,3-4,10H2,1-2H3,(H,19,20). The van der Waals surface area contributed by atoms with E-state index in [2.05, 4.69) is 24.0 Å². The third kappa shape index (κ3) is 3.64. The van der Waals surface area contributed by atoms with Crippen molar-refractivity contribution in [3.63, 3.8) is 0 Å². The van der Waals surface area contributed by atoms with Gasteiger partial charge >= 0.3 is 5.97 Å². The van der Waals surface area contributed by atoms with Gasteiger partial charge in [-0.05, 0) is 25.0 Å². The van der Waals surface area contributed by atoms with Crippen LogP contribution in [-0.4, -0.2) is 31.6 Å². The van der Waals surface area contributed by atoms with Crippen LogP contribution in [0.4, 0.5) is 0 Å². The molecule has 1 aromatic carbocycles. The van der Waals surface area contributed by atoms with Gasteiger partial charge in [0.1, 0.15) is 5.82 Å². The number of rotatable bonds is 7. The van der Waals surface area contributed by atoms with Crippen molar-refractivity contribution in [1.29, 1.82) is 0 Å². The molecule has 2 aromatic rings. The summed E-state index contributed by atoms with van der Waals surface area (Å²) in [6.45, 7) is 4.25. The maximum atomic E-state index is 10.8. The topological polar surface area (TPSA) is 68.0 Å². The second-order valence-corrected chi connectivity index (χ2v) is 5.65. The summed E-state index contributed by atoms with van der Waals surface area (Å²) in [6.07, 6.45) is 1.95. The number of aliphatic carboxylic acids is 1.